The molecule has 24 heavy (non-hydrogen) atoms. The largest absolute Gasteiger partial charge is 0.467 e. The number of furan rings is 1. The Labute approximate surface area is 148 Å². The quantitative estimate of drug-likeness (QED) is 0.668. The first-order chi connectivity index (χ1) is 11.6. The summed E-state index contributed by atoms with van der Waals surface area (Å²) in [4.78, 5) is 15.8. The molecule has 0 atom stereocenters. The van der Waals surface area contributed by atoms with E-state index in [1.165, 1.54) is 24.2 Å². The van der Waals surface area contributed by atoms with Gasteiger partial charge in [0.1, 0.15) is 5.76 Å². The van der Waals surface area contributed by atoms with Gasteiger partial charge in [-0.3, -0.25) is 4.79 Å². The Morgan fingerprint density at radius 1 is 1.33 bits per heavy atom. The summed E-state index contributed by atoms with van der Waals surface area (Å²) in [7, 11) is 0. The number of carbonyl (C=O) groups is 1. The minimum Gasteiger partial charge on any atom is -0.467 e. The van der Waals surface area contributed by atoms with Gasteiger partial charge in [0.2, 0.25) is 0 Å². The van der Waals surface area contributed by atoms with Gasteiger partial charge in [-0.25, -0.2) is 0 Å². The van der Waals surface area contributed by atoms with Gasteiger partial charge in [-0.1, -0.05) is 0 Å². The molecular weight excluding hydrogens is 324 g/mol. The van der Waals surface area contributed by atoms with Crippen LogP contribution in [0.5, 0.6) is 0 Å². The molecule has 0 aliphatic carbocycles. The Balaban J connectivity index is 1.56. The Morgan fingerprint density at radius 3 is 2.62 bits per heavy atom. The fraction of sp³-hybridized carbons (Fsp3) is 0.647. The Morgan fingerprint density at radius 2 is 2.04 bits per heavy atom. The van der Waals surface area contributed by atoms with Crippen molar-refractivity contribution in [3.63, 3.8) is 0 Å². The van der Waals surface area contributed by atoms with Crippen LogP contribution in [0.4, 0.5) is 0 Å². The molecule has 0 radical (unpaired) electrons. The molecule has 3 heterocycles. The number of nitrogens with two attached hydrogens (primary N) is 1. The van der Waals surface area contributed by atoms with Crippen molar-refractivity contribution < 1.29 is 14.1 Å². The molecule has 2 aliphatic rings. The average Bonchev–Trinajstić information content (AvgIpc) is 3.14. The molecule has 0 unspecified atom stereocenters. The Bertz CT molecular complexity index is 561. The van der Waals surface area contributed by atoms with Crippen molar-refractivity contribution in [2.24, 2.45) is 5.73 Å². The Kier molecular flexibility index (Phi) is 5.40. The van der Waals surface area contributed by atoms with E-state index in [4.69, 9.17) is 22.4 Å². The molecule has 2 aliphatic heterocycles. The normalized spacial score (nSPS) is 21.4. The van der Waals surface area contributed by atoms with E-state index < -0.39 is 5.54 Å². The summed E-state index contributed by atoms with van der Waals surface area (Å²) in [5.41, 5.74) is 5.43. The van der Waals surface area contributed by atoms with Crippen molar-refractivity contribution in [3.8, 4) is 0 Å². The number of hydrogen-bond donors (Lipinski definition) is 3. The van der Waals surface area contributed by atoms with Crippen LogP contribution in [-0.4, -0.2) is 47.6 Å². The number of likely N-dealkylation sites (tertiary alicyclic amines) is 2. The fourth-order valence-corrected chi connectivity index (χ4v) is 4.27. The van der Waals surface area contributed by atoms with Crippen LogP contribution in [0.2, 0.25) is 0 Å². The second-order valence-electron chi connectivity index (χ2n) is 6.84. The summed E-state index contributed by atoms with van der Waals surface area (Å²) in [6, 6.07) is 3.78. The van der Waals surface area contributed by atoms with Crippen LogP contribution in [0.25, 0.3) is 0 Å². The molecule has 1 aromatic rings. The first kappa shape index (κ1) is 17.2. The summed E-state index contributed by atoms with van der Waals surface area (Å²) < 4.78 is 5.31. The SMILES string of the molecule is NC(=O)C1([NH+]2CCCCC2)CCN(C(=S)NCc2ccco2)CC1. The van der Waals surface area contributed by atoms with E-state index in [-0.39, 0.29) is 5.91 Å². The number of primary amides is 1. The van der Waals surface area contributed by atoms with E-state index in [9.17, 15) is 4.79 Å². The second kappa shape index (κ2) is 7.53. The molecule has 132 valence electrons. The third-order valence-corrected chi connectivity index (χ3v) is 5.91. The second-order valence-corrected chi connectivity index (χ2v) is 7.22. The molecule has 2 fully saturated rings. The maximum atomic E-state index is 12.3. The van der Waals surface area contributed by atoms with Gasteiger partial charge in [0.05, 0.1) is 25.9 Å². The van der Waals surface area contributed by atoms with Crippen LogP contribution in [-0.2, 0) is 11.3 Å². The number of carbonyl (C=O) groups excluding carboxylic acids is 1. The standard InChI is InChI=1S/C17H26N4O2S/c18-15(22)17(21-8-2-1-3-9-21)6-10-20(11-7-17)16(24)19-13-14-5-4-12-23-14/h4-5,12H,1-3,6-11,13H2,(H2,18,22)(H,19,24)/p+1. The highest BCUT2D eigenvalue weighted by molar-refractivity contribution is 7.80. The molecule has 4 N–H and O–H groups in total. The molecule has 1 aromatic heterocycles. The molecule has 0 bridgehead atoms. The molecule has 3 rings (SSSR count). The zero-order valence-electron chi connectivity index (χ0n) is 14.1. The molecule has 6 nitrogen and oxygen atoms in total. The van der Waals surface area contributed by atoms with Gasteiger partial charge >= 0.3 is 0 Å². The van der Waals surface area contributed by atoms with Gasteiger partial charge in [0.15, 0.2) is 10.7 Å². The van der Waals surface area contributed by atoms with Crippen molar-refractivity contribution in [1.82, 2.24) is 10.2 Å². The first-order valence-corrected chi connectivity index (χ1v) is 9.23. The molecule has 2 saturated heterocycles. The highest BCUT2D eigenvalue weighted by Crippen LogP contribution is 2.20. The molecular formula is C17H27N4O2S+. The van der Waals surface area contributed by atoms with E-state index >= 15 is 0 Å². The minimum atomic E-state index is -0.409. The number of nitrogens with one attached hydrogen (secondary N) is 2. The number of hydrogen-bond acceptors (Lipinski definition) is 3. The zero-order chi connectivity index (χ0) is 17.0. The summed E-state index contributed by atoms with van der Waals surface area (Å²) >= 11 is 5.49. The zero-order valence-corrected chi connectivity index (χ0v) is 14.9. The highest BCUT2D eigenvalue weighted by atomic mass is 32.1. The number of piperidine rings is 2. The van der Waals surface area contributed by atoms with E-state index in [1.54, 1.807) is 6.26 Å². The topological polar surface area (TPSA) is 75.9 Å². The average molecular weight is 351 g/mol. The van der Waals surface area contributed by atoms with Gasteiger partial charge in [-0.15, -0.1) is 0 Å². The molecule has 0 spiro atoms. The number of nitrogens with zero attached hydrogens (tertiary/aromatic N) is 1. The van der Waals surface area contributed by atoms with E-state index in [0.717, 1.165) is 49.9 Å². The highest BCUT2D eigenvalue weighted by Gasteiger charge is 2.49. The van der Waals surface area contributed by atoms with Crippen LogP contribution < -0.4 is 16.0 Å². The number of quaternary nitrogens is 1. The van der Waals surface area contributed by atoms with Gasteiger partial charge in [-0.05, 0) is 43.6 Å². The summed E-state index contributed by atoms with van der Waals surface area (Å²) in [6.07, 6.45) is 6.86. The van der Waals surface area contributed by atoms with Crippen LogP contribution in [0.15, 0.2) is 22.8 Å². The lowest BCUT2D eigenvalue weighted by atomic mass is 9.83. The van der Waals surface area contributed by atoms with Crippen molar-refractivity contribution >= 4 is 23.2 Å². The third-order valence-electron chi connectivity index (χ3n) is 5.50. The van der Waals surface area contributed by atoms with Gasteiger partial charge < -0.3 is 25.3 Å². The molecule has 1 amide bonds. The van der Waals surface area contributed by atoms with E-state index in [2.05, 4.69) is 10.2 Å². The van der Waals surface area contributed by atoms with Crippen LogP contribution in [0, 0.1) is 0 Å². The molecule has 0 aromatic carbocycles. The van der Waals surface area contributed by atoms with Crippen molar-refractivity contribution in [3.05, 3.63) is 24.2 Å². The first-order valence-electron chi connectivity index (χ1n) is 8.82. The van der Waals surface area contributed by atoms with Crippen LogP contribution in [0.3, 0.4) is 0 Å². The van der Waals surface area contributed by atoms with Gasteiger partial charge in [0, 0.05) is 25.9 Å². The minimum absolute atomic E-state index is 0.145. The Hall–Kier alpha value is -1.60. The number of thiocarbonyl (C=S) groups is 1. The number of rotatable bonds is 4. The predicted molar refractivity (Wildman–Crippen MR) is 95.4 cm³/mol. The maximum Gasteiger partial charge on any atom is 0.278 e. The summed E-state index contributed by atoms with van der Waals surface area (Å²) in [5, 5.41) is 3.95. The lowest BCUT2D eigenvalue weighted by molar-refractivity contribution is -0.948. The van der Waals surface area contributed by atoms with Crippen LogP contribution in [0.1, 0.15) is 37.9 Å². The lowest BCUT2D eigenvalue weighted by Crippen LogP contribution is -3.22. The maximum absolute atomic E-state index is 12.3. The van der Waals surface area contributed by atoms with E-state index in [1.807, 2.05) is 12.1 Å². The third kappa shape index (κ3) is 3.57. The smallest absolute Gasteiger partial charge is 0.278 e. The van der Waals surface area contributed by atoms with E-state index in [0.29, 0.717) is 6.54 Å². The van der Waals surface area contributed by atoms with Crippen LogP contribution >= 0.6 is 12.2 Å². The summed E-state index contributed by atoms with van der Waals surface area (Å²) in [6.45, 7) is 4.25. The molecule has 0 saturated carbocycles. The monoisotopic (exact) mass is 351 g/mol. The van der Waals surface area contributed by atoms with Crippen molar-refractivity contribution in [2.75, 3.05) is 26.2 Å². The molecule has 7 heteroatoms. The summed E-state index contributed by atoms with van der Waals surface area (Å²) in [5.74, 6) is 0.715. The fourth-order valence-electron chi connectivity index (χ4n) is 4.01. The predicted octanol–water partition coefficient (Wildman–Crippen LogP) is 0.0428. The van der Waals surface area contributed by atoms with Crippen molar-refractivity contribution in [1.29, 1.82) is 0 Å². The van der Waals surface area contributed by atoms with Gasteiger partial charge in [-0.2, -0.15) is 0 Å². The van der Waals surface area contributed by atoms with Gasteiger partial charge in [0.25, 0.3) is 5.91 Å². The number of amides is 1. The van der Waals surface area contributed by atoms with Crippen molar-refractivity contribution in [2.45, 2.75) is 44.2 Å². The lowest BCUT2D eigenvalue weighted by Gasteiger charge is -2.45.